The Morgan fingerprint density at radius 3 is 2.74 bits per heavy atom. The fourth-order valence-electron chi connectivity index (χ4n) is 5.07. The molecule has 0 N–H and O–H groups in total. The maximum Gasteiger partial charge on any atom is 0.270 e. The van der Waals surface area contributed by atoms with Crippen molar-refractivity contribution in [1.82, 2.24) is 9.47 Å². The molecule has 1 unspecified atom stereocenters. The number of carbonyl (C=O) groups is 1. The number of thiophene rings is 1. The first-order valence-electron chi connectivity index (χ1n) is 12.2. The van der Waals surface area contributed by atoms with Gasteiger partial charge in [-0.1, -0.05) is 48.6 Å². The number of aromatic nitrogens is 1. The smallest absolute Gasteiger partial charge is 0.270 e. The Kier molecular flexibility index (Phi) is 6.05. The highest BCUT2D eigenvalue weighted by molar-refractivity contribution is 7.17. The number of carbonyl (C=O) groups excluding carboxylic acids is 1. The average molecular weight is 485 g/mol. The maximum atomic E-state index is 14.2. The SMILES string of the molecule is O=C(c1cc2sccc2n1Cc1ccccc1)N(Cc1ccc2c(c1)OCO2)CC1CC=CCC1. The second-order valence-corrected chi connectivity index (χ2v) is 10.2. The topological polar surface area (TPSA) is 43.7 Å². The van der Waals surface area contributed by atoms with Gasteiger partial charge < -0.3 is 18.9 Å². The zero-order chi connectivity index (χ0) is 23.6. The van der Waals surface area contributed by atoms with E-state index >= 15 is 0 Å². The van der Waals surface area contributed by atoms with E-state index in [0.717, 1.165) is 58.8 Å². The molecule has 2 aromatic carbocycles. The molecule has 35 heavy (non-hydrogen) atoms. The fourth-order valence-corrected chi connectivity index (χ4v) is 5.89. The normalized spacial score (nSPS) is 16.6. The Bertz CT molecular complexity index is 1370. The first kappa shape index (κ1) is 22.0. The van der Waals surface area contributed by atoms with Gasteiger partial charge in [0.2, 0.25) is 6.79 Å². The number of amides is 1. The Morgan fingerprint density at radius 2 is 1.89 bits per heavy atom. The summed E-state index contributed by atoms with van der Waals surface area (Å²) in [6.07, 6.45) is 7.72. The lowest BCUT2D eigenvalue weighted by Gasteiger charge is -2.29. The summed E-state index contributed by atoms with van der Waals surface area (Å²) in [4.78, 5) is 16.2. The lowest BCUT2D eigenvalue weighted by molar-refractivity contribution is 0.0700. The van der Waals surface area contributed by atoms with Gasteiger partial charge in [0, 0.05) is 19.6 Å². The molecule has 0 fully saturated rings. The van der Waals surface area contributed by atoms with Gasteiger partial charge in [-0.15, -0.1) is 11.3 Å². The number of benzene rings is 2. The average Bonchev–Trinajstić information content (AvgIpc) is 3.62. The number of fused-ring (bicyclic) bond motifs is 2. The number of allylic oxidation sites excluding steroid dienone is 2. The van der Waals surface area contributed by atoms with Gasteiger partial charge in [-0.05, 0) is 66.0 Å². The molecule has 1 aliphatic heterocycles. The van der Waals surface area contributed by atoms with Crippen LogP contribution in [-0.4, -0.2) is 28.7 Å². The summed E-state index contributed by atoms with van der Waals surface area (Å²) in [6.45, 7) is 2.20. The minimum absolute atomic E-state index is 0.0801. The highest BCUT2D eigenvalue weighted by atomic mass is 32.1. The molecule has 1 amide bonds. The van der Waals surface area contributed by atoms with Crippen molar-refractivity contribution in [2.24, 2.45) is 5.92 Å². The minimum Gasteiger partial charge on any atom is -0.454 e. The second-order valence-electron chi connectivity index (χ2n) is 9.30. The predicted molar refractivity (Wildman–Crippen MR) is 139 cm³/mol. The Labute approximate surface area is 209 Å². The quantitative estimate of drug-likeness (QED) is 0.282. The van der Waals surface area contributed by atoms with Crippen molar-refractivity contribution in [3.05, 3.63) is 95.0 Å². The van der Waals surface area contributed by atoms with E-state index in [1.165, 1.54) is 5.56 Å². The van der Waals surface area contributed by atoms with Gasteiger partial charge in [-0.3, -0.25) is 4.79 Å². The first-order valence-corrected chi connectivity index (χ1v) is 13.1. The predicted octanol–water partition coefficient (Wildman–Crippen LogP) is 6.48. The van der Waals surface area contributed by atoms with E-state index in [4.69, 9.17) is 9.47 Å². The van der Waals surface area contributed by atoms with E-state index < -0.39 is 0 Å². The number of hydrogen-bond acceptors (Lipinski definition) is 4. The highest BCUT2D eigenvalue weighted by Crippen LogP contribution is 2.34. The van der Waals surface area contributed by atoms with Crippen LogP contribution in [0.25, 0.3) is 10.2 Å². The molecule has 2 aliphatic rings. The third-order valence-electron chi connectivity index (χ3n) is 6.88. The standard InChI is InChI=1S/C29H28N2O3S/c32-29(25-16-28-24(13-14-35-28)31(25)19-22-9-5-2-6-10-22)30(17-21-7-3-1-4-8-21)18-23-11-12-26-27(15-23)34-20-33-26/h1-3,5-6,9-16,21H,4,7-8,17-20H2. The maximum absolute atomic E-state index is 14.2. The molecule has 3 heterocycles. The summed E-state index contributed by atoms with van der Waals surface area (Å²) in [5.74, 6) is 2.07. The van der Waals surface area contributed by atoms with Crippen LogP contribution in [0.15, 0.2) is 78.2 Å². The molecule has 6 rings (SSSR count). The van der Waals surface area contributed by atoms with Gasteiger partial charge in [0.05, 0.1) is 10.2 Å². The molecule has 1 atom stereocenters. The zero-order valence-corrected chi connectivity index (χ0v) is 20.4. The number of nitrogens with zero attached hydrogens (tertiary/aromatic N) is 2. The van der Waals surface area contributed by atoms with Crippen LogP contribution in [0.5, 0.6) is 11.5 Å². The summed E-state index contributed by atoms with van der Waals surface area (Å²) in [5, 5.41) is 2.10. The molecule has 5 nitrogen and oxygen atoms in total. The molecule has 0 saturated heterocycles. The monoisotopic (exact) mass is 484 g/mol. The lowest BCUT2D eigenvalue weighted by atomic mass is 9.93. The Balaban J connectivity index is 1.34. The van der Waals surface area contributed by atoms with Crippen LogP contribution in [0.3, 0.4) is 0 Å². The molecule has 0 bridgehead atoms. The van der Waals surface area contributed by atoms with Crippen molar-refractivity contribution in [1.29, 1.82) is 0 Å². The van der Waals surface area contributed by atoms with Crippen LogP contribution in [0, 0.1) is 5.92 Å². The van der Waals surface area contributed by atoms with E-state index in [0.29, 0.717) is 19.0 Å². The van der Waals surface area contributed by atoms with Crippen LogP contribution in [0.2, 0.25) is 0 Å². The van der Waals surface area contributed by atoms with Crippen LogP contribution in [-0.2, 0) is 13.1 Å². The van der Waals surface area contributed by atoms with Crippen molar-refractivity contribution < 1.29 is 14.3 Å². The molecule has 0 saturated carbocycles. The summed E-state index contributed by atoms with van der Waals surface area (Å²) in [5.41, 5.74) is 4.11. The van der Waals surface area contributed by atoms with Gasteiger partial charge in [-0.25, -0.2) is 0 Å². The summed E-state index contributed by atoms with van der Waals surface area (Å²) in [6, 6.07) is 20.5. The van der Waals surface area contributed by atoms with Crippen molar-refractivity contribution in [3.8, 4) is 11.5 Å². The highest BCUT2D eigenvalue weighted by Gasteiger charge is 2.26. The van der Waals surface area contributed by atoms with Gasteiger partial charge >= 0.3 is 0 Å². The van der Waals surface area contributed by atoms with Gasteiger partial charge in [0.25, 0.3) is 5.91 Å². The number of rotatable bonds is 7. The van der Waals surface area contributed by atoms with E-state index in [2.05, 4.69) is 46.4 Å². The molecule has 6 heteroatoms. The molecule has 1 aliphatic carbocycles. The molecule has 0 radical (unpaired) electrons. The van der Waals surface area contributed by atoms with Crippen LogP contribution in [0.4, 0.5) is 0 Å². The van der Waals surface area contributed by atoms with Crippen molar-refractivity contribution in [2.45, 2.75) is 32.4 Å². The zero-order valence-electron chi connectivity index (χ0n) is 19.6. The lowest BCUT2D eigenvalue weighted by Crippen LogP contribution is -2.36. The van der Waals surface area contributed by atoms with E-state index in [1.807, 2.05) is 41.3 Å². The molecular weight excluding hydrogens is 456 g/mol. The van der Waals surface area contributed by atoms with Gasteiger partial charge in [0.15, 0.2) is 11.5 Å². The summed E-state index contributed by atoms with van der Waals surface area (Å²) < 4.78 is 14.4. The van der Waals surface area contributed by atoms with Crippen LogP contribution >= 0.6 is 11.3 Å². The van der Waals surface area contributed by atoms with Crippen molar-refractivity contribution in [3.63, 3.8) is 0 Å². The van der Waals surface area contributed by atoms with Crippen molar-refractivity contribution in [2.75, 3.05) is 13.3 Å². The third kappa shape index (κ3) is 4.58. The number of ether oxygens (including phenoxy) is 2. The fraction of sp³-hybridized carbons (Fsp3) is 0.276. The van der Waals surface area contributed by atoms with E-state index in [-0.39, 0.29) is 12.7 Å². The van der Waals surface area contributed by atoms with Crippen molar-refractivity contribution >= 4 is 27.5 Å². The molecular formula is C29H28N2O3S. The van der Waals surface area contributed by atoms with Crippen LogP contribution in [0.1, 0.15) is 40.9 Å². The number of hydrogen-bond donors (Lipinski definition) is 0. The van der Waals surface area contributed by atoms with E-state index in [9.17, 15) is 4.79 Å². The molecule has 2 aromatic heterocycles. The Morgan fingerprint density at radius 1 is 1.00 bits per heavy atom. The largest absolute Gasteiger partial charge is 0.454 e. The van der Waals surface area contributed by atoms with Crippen LogP contribution < -0.4 is 9.47 Å². The summed E-state index contributed by atoms with van der Waals surface area (Å²) >= 11 is 1.68. The molecule has 4 aromatic rings. The minimum atomic E-state index is 0.0801. The van der Waals surface area contributed by atoms with E-state index in [1.54, 1.807) is 11.3 Å². The second kappa shape index (κ2) is 9.62. The Hall–Kier alpha value is -3.51. The molecule has 0 spiro atoms. The molecule has 178 valence electrons. The first-order chi connectivity index (χ1) is 17.2. The van der Waals surface area contributed by atoms with Gasteiger partial charge in [0.1, 0.15) is 5.69 Å². The summed E-state index contributed by atoms with van der Waals surface area (Å²) in [7, 11) is 0. The third-order valence-corrected chi connectivity index (χ3v) is 7.73. The van der Waals surface area contributed by atoms with Gasteiger partial charge in [-0.2, -0.15) is 0 Å².